The largest absolute Gasteiger partial charge is 0.497 e. The summed E-state index contributed by atoms with van der Waals surface area (Å²) in [4.78, 5) is 23.8. The third kappa shape index (κ3) is 4.93. The van der Waals surface area contributed by atoms with Crippen LogP contribution in [0.15, 0.2) is 48.5 Å². The number of anilines is 1. The van der Waals surface area contributed by atoms with Crippen LogP contribution in [-0.4, -0.2) is 36.7 Å². The molecule has 2 aromatic rings. The van der Waals surface area contributed by atoms with Gasteiger partial charge in [0.15, 0.2) is 0 Å². The number of benzene rings is 2. The van der Waals surface area contributed by atoms with E-state index in [4.69, 9.17) is 9.47 Å². The number of ether oxygens (including phenoxy) is 2. The van der Waals surface area contributed by atoms with Crippen LogP contribution in [0.2, 0.25) is 0 Å². The fourth-order valence-electron chi connectivity index (χ4n) is 2.57. The van der Waals surface area contributed by atoms with Crippen LogP contribution in [-0.2, 0) is 16.0 Å². The Kier molecular flexibility index (Phi) is 6.70. The molecule has 0 aromatic heterocycles. The van der Waals surface area contributed by atoms with E-state index in [2.05, 4.69) is 5.32 Å². The van der Waals surface area contributed by atoms with Crippen molar-refractivity contribution >= 4 is 11.7 Å². The van der Waals surface area contributed by atoms with Crippen molar-refractivity contribution in [3.05, 3.63) is 70.0 Å². The van der Waals surface area contributed by atoms with E-state index in [0.29, 0.717) is 17.0 Å². The van der Waals surface area contributed by atoms with E-state index in [-0.39, 0.29) is 19.6 Å². The number of nitrogens with one attached hydrogen (secondary N) is 1. The molecular weight excluding hydrogens is 355 g/mol. The molecule has 0 amide bonds. The molecule has 2 rings (SSSR count). The number of nitrogens with zero attached hydrogens (tertiary/aromatic N) is 1. The summed E-state index contributed by atoms with van der Waals surface area (Å²) in [6, 6.07) is 12.0. The van der Waals surface area contributed by atoms with E-state index >= 15 is 0 Å². The summed E-state index contributed by atoms with van der Waals surface area (Å²) in [6.07, 6.45) is -0.234. The monoisotopic (exact) mass is 376 g/mol. The van der Waals surface area contributed by atoms with Gasteiger partial charge < -0.3 is 14.8 Å². The Morgan fingerprint density at radius 1 is 1.19 bits per heavy atom. The summed E-state index contributed by atoms with van der Waals surface area (Å²) in [6.45, 7) is 1.31. The van der Waals surface area contributed by atoms with E-state index in [0.717, 1.165) is 0 Å². The summed E-state index contributed by atoms with van der Waals surface area (Å²) in [5, 5.41) is 14.8. The second-order valence-corrected chi connectivity index (χ2v) is 5.89. The quantitative estimate of drug-likeness (QED) is 0.411. The zero-order valence-corrected chi connectivity index (χ0v) is 15.1. The second kappa shape index (κ2) is 8.98. The first kappa shape index (κ1) is 20.2. The lowest BCUT2D eigenvalue weighted by atomic mass is 9.91. The highest BCUT2D eigenvalue weighted by molar-refractivity contribution is 5.80. The molecule has 0 aliphatic heterocycles. The summed E-state index contributed by atoms with van der Waals surface area (Å²) in [5.74, 6) is -0.768. The standard InChI is InChI=1S/C19H21FN2O5/c1-3-27-18(23)19(22(24)25,12-14-4-6-15(20)7-5-14)13-21-16-8-10-17(26-2)11-9-16/h4-11,21H,3,12-13H2,1-2H3. The molecule has 0 saturated heterocycles. The Labute approximate surface area is 156 Å². The fraction of sp³-hybridized carbons (Fsp3) is 0.316. The number of methoxy groups -OCH3 is 1. The van der Waals surface area contributed by atoms with E-state index in [9.17, 15) is 19.3 Å². The minimum absolute atomic E-state index is 0.0143. The number of hydrogen-bond donors (Lipinski definition) is 1. The van der Waals surface area contributed by atoms with Crippen molar-refractivity contribution in [3.63, 3.8) is 0 Å². The first-order valence-corrected chi connectivity index (χ1v) is 8.35. The van der Waals surface area contributed by atoms with Crippen LogP contribution < -0.4 is 10.1 Å². The average molecular weight is 376 g/mol. The van der Waals surface area contributed by atoms with Crippen molar-refractivity contribution < 1.29 is 23.6 Å². The average Bonchev–Trinajstić information content (AvgIpc) is 2.67. The lowest BCUT2D eigenvalue weighted by Gasteiger charge is -2.24. The van der Waals surface area contributed by atoms with Crippen LogP contribution >= 0.6 is 0 Å². The number of carbonyl (C=O) groups excluding carboxylic acids is 1. The van der Waals surface area contributed by atoms with Gasteiger partial charge in [-0.2, -0.15) is 0 Å². The Hall–Kier alpha value is -3.16. The molecule has 8 heteroatoms. The normalized spacial score (nSPS) is 12.7. The number of halogens is 1. The van der Waals surface area contributed by atoms with Gasteiger partial charge in [0.2, 0.25) is 0 Å². The van der Waals surface area contributed by atoms with Crippen molar-refractivity contribution in [3.8, 4) is 5.75 Å². The Bertz CT molecular complexity index is 780. The molecule has 0 saturated carbocycles. The van der Waals surface area contributed by atoms with Crippen molar-refractivity contribution in [1.29, 1.82) is 0 Å². The van der Waals surface area contributed by atoms with Gasteiger partial charge >= 0.3 is 11.5 Å². The van der Waals surface area contributed by atoms with E-state index in [1.807, 2.05) is 0 Å². The number of esters is 1. The minimum atomic E-state index is -2.05. The maximum absolute atomic E-state index is 13.1. The van der Waals surface area contributed by atoms with Gasteiger partial charge in [0.1, 0.15) is 11.6 Å². The van der Waals surface area contributed by atoms with Crippen molar-refractivity contribution in [2.45, 2.75) is 18.9 Å². The smallest absolute Gasteiger partial charge is 0.387 e. The molecule has 27 heavy (non-hydrogen) atoms. The van der Waals surface area contributed by atoms with Gasteiger partial charge in [-0.1, -0.05) is 12.1 Å². The maximum atomic E-state index is 13.1. The second-order valence-electron chi connectivity index (χ2n) is 5.89. The number of nitro groups is 1. The zero-order valence-electron chi connectivity index (χ0n) is 15.1. The maximum Gasteiger partial charge on any atom is 0.387 e. The molecule has 1 N–H and O–H groups in total. The molecule has 1 unspecified atom stereocenters. The lowest BCUT2D eigenvalue weighted by molar-refractivity contribution is -0.551. The minimum Gasteiger partial charge on any atom is -0.497 e. The van der Waals surface area contributed by atoms with Gasteiger partial charge in [-0.05, 0) is 48.9 Å². The highest BCUT2D eigenvalue weighted by Gasteiger charge is 2.52. The first-order chi connectivity index (χ1) is 12.9. The molecule has 0 aliphatic rings. The van der Waals surface area contributed by atoms with Gasteiger partial charge in [-0.3, -0.25) is 10.1 Å². The van der Waals surface area contributed by atoms with Gasteiger partial charge in [-0.25, -0.2) is 9.18 Å². The molecule has 0 spiro atoms. The number of rotatable bonds is 9. The lowest BCUT2D eigenvalue weighted by Crippen LogP contribution is -2.54. The summed E-state index contributed by atoms with van der Waals surface area (Å²) in [5.41, 5.74) is -1.00. The molecule has 0 heterocycles. The number of carbonyl (C=O) groups is 1. The topological polar surface area (TPSA) is 90.7 Å². The fourth-order valence-corrected chi connectivity index (χ4v) is 2.57. The van der Waals surface area contributed by atoms with Crippen molar-refractivity contribution in [2.75, 3.05) is 25.6 Å². The molecule has 0 radical (unpaired) electrons. The molecule has 1 atom stereocenters. The highest BCUT2D eigenvalue weighted by Crippen LogP contribution is 2.23. The Balaban J connectivity index is 2.29. The van der Waals surface area contributed by atoms with Crippen LogP contribution in [0.1, 0.15) is 12.5 Å². The Morgan fingerprint density at radius 2 is 1.81 bits per heavy atom. The van der Waals surface area contributed by atoms with E-state index < -0.39 is 22.2 Å². The predicted molar refractivity (Wildman–Crippen MR) is 97.9 cm³/mol. The summed E-state index contributed by atoms with van der Waals surface area (Å²) in [7, 11) is 1.53. The van der Waals surface area contributed by atoms with Gasteiger partial charge in [0.05, 0.1) is 26.7 Å². The van der Waals surface area contributed by atoms with Crippen molar-refractivity contribution in [1.82, 2.24) is 0 Å². The molecule has 0 fully saturated rings. The molecule has 0 aliphatic carbocycles. The van der Waals surface area contributed by atoms with Crippen LogP contribution in [0.3, 0.4) is 0 Å². The van der Waals surface area contributed by atoms with E-state index in [1.165, 1.54) is 31.4 Å². The Morgan fingerprint density at radius 3 is 2.33 bits per heavy atom. The third-order valence-corrected chi connectivity index (χ3v) is 4.09. The van der Waals surface area contributed by atoms with Crippen LogP contribution in [0.25, 0.3) is 0 Å². The molecule has 0 bridgehead atoms. The van der Waals surface area contributed by atoms with Gasteiger partial charge in [0, 0.05) is 10.6 Å². The highest BCUT2D eigenvalue weighted by atomic mass is 19.1. The predicted octanol–water partition coefficient (Wildman–Crippen LogP) is 3.07. The van der Waals surface area contributed by atoms with Gasteiger partial charge in [0.25, 0.3) is 0 Å². The SMILES string of the molecule is CCOC(=O)C(CNc1ccc(OC)cc1)(Cc1ccc(F)cc1)[N+](=O)[O-]. The molecule has 144 valence electrons. The summed E-state index contributed by atoms with van der Waals surface area (Å²) >= 11 is 0. The summed E-state index contributed by atoms with van der Waals surface area (Å²) < 4.78 is 23.2. The van der Waals surface area contributed by atoms with Gasteiger partial charge in [-0.15, -0.1) is 0 Å². The first-order valence-electron chi connectivity index (χ1n) is 8.35. The number of hydrogen-bond acceptors (Lipinski definition) is 6. The van der Waals surface area contributed by atoms with E-state index in [1.54, 1.807) is 31.2 Å². The zero-order chi connectivity index (χ0) is 19.9. The van der Waals surface area contributed by atoms with Crippen molar-refractivity contribution in [2.24, 2.45) is 0 Å². The molecule has 2 aromatic carbocycles. The third-order valence-electron chi connectivity index (χ3n) is 4.09. The van der Waals surface area contributed by atoms with Crippen LogP contribution in [0.4, 0.5) is 10.1 Å². The van der Waals surface area contributed by atoms with Crippen LogP contribution in [0.5, 0.6) is 5.75 Å². The molecular formula is C19H21FN2O5. The molecule has 7 nitrogen and oxygen atoms in total. The van der Waals surface area contributed by atoms with Crippen LogP contribution in [0, 0.1) is 15.9 Å².